The summed E-state index contributed by atoms with van der Waals surface area (Å²) in [4.78, 5) is 19.6. The van der Waals surface area contributed by atoms with Crippen LogP contribution in [0.3, 0.4) is 0 Å². The maximum Gasteiger partial charge on any atom is 0.295 e. The standard InChI is InChI=1S/C34H35N2.C12H7N2S.C5H8O2.Ir/c1-3-11-23(12-4-1)26-17-10-18-27(24-13-5-2-6-14-24)33(26)31-22-35-21-25-15-9-19-29-28-16-7-8-20-30(28)36(31)34(35)32(25)29;1-2-4-9(5-3-1)11-10-6-7-15-12(10)14-8-13-11;1-4(6)3-5(2)7;/h7-10,15-20,22-24H,1-6,11-14,21H2;1-4,6-8H;3,6H,1-2H3;/q+1;-1;;. The zero-order valence-corrected chi connectivity index (χ0v) is 37.0. The molecule has 1 N–H and O–H groups in total. The van der Waals surface area contributed by atoms with Gasteiger partial charge < -0.3 is 5.11 Å². The third kappa shape index (κ3) is 8.15. The summed E-state index contributed by atoms with van der Waals surface area (Å²) in [5.41, 5.74) is 12.4. The molecule has 4 aromatic heterocycles. The zero-order valence-electron chi connectivity index (χ0n) is 33.8. The van der Waals surface area contributed by atoms with E-state index in [1.54, 1.807) is 34.4 Å². The molecule has 8 aromatic rings. The van der Waals surface area contributed by atoms with Crippen LogP contribution in [0.25, 0.3) is 60.1 Å². The number of hydrogen-bond acceptors (Lipinski definition) is 5. The molecule has 59 heavy (non-hydrogen) atoms. The fraction of sp³-hybridized carbons (Fsp3) is 0.294. The van der Waals surface area contributed by atoms with Gasteiger partial charge in [-0.2, -0.15) is 4.40 Å². The average Bonchev–Trinajstić information content (AvgIpc) is 3.99. The van der Waals surface area contributed by atoms with Gasteiger partial charge in [0.05, 0.1) is 11.1 Å². The number of thiophene rings is 1. The summed E-state index contributed by atoms with van der Waals surface area (Å²) in [7, 11) is 0. The van der Waals surface area contributed by atoms with E-state index in [1.807, 2.05) is 29.6 Å². The zero-order chi connectivity index (χ0) is 39.6. The molecule has 3 aliphatic rings. The van der Waals surface area contributed by atoms with Crippen molar-refractivity contribution < 1.29 is 34.6 Å². The summed E-state index contributed by atoms with van der Waals surface area (Å²) < 4.78 is 5.18. The van der Waals surface area contributed by atoms with E-state index in [2.05, 4.69) is 97.9 Å². The van der Waals surface area contributed by atoms with E-state index < -0.39 is 0 Å². The molecule has 11 rings (SSSR count). The number of aromatic nitrogens is 4. The van der Waals surface area contributed by atoms with Crippen molar-refractivity contribution in [3.05, 3.63) is 143 Å². The molecule has 2 fully saturated rings. The number of aliphatic hydroxyl groups excluding tert-OH is 1. The van der Waals surface area contributed by atoms with Crippen LogP contribution in [0.5, 0.6) is 0 Å². The minimum Gasteiger partial charge on any atom is -0.512 e. The van der Waals surface area contributed by atoms with Gasteiger partial charge in [0.25, 0.3) is 5.65 Å². The Bertz CT molecular complexity index is 2750. The average molecular weight is 975 g/mol. The Hall–Kier alpha value is -5.01. The smallest absolute Gasteiger partial charge is 0.295 e. The second-order valence-corrected chi connectivity index (χ2v) is 17.1. The van der Waals surface area contributed by atoms with E-state index in [0.29, 0.717) is 11.8 Å². The van der Waals surface area contributed by atoms with Gasteiger partial charge in [0.15, 0.2) is 11.5 Å². The van der Waals surface area contributed by atoms with Crippen LogP contribution in [0, 0.1) is 6.07 Å². The van der Waals surface area contributed by atoms with Gasteiger partial charge >= 0.3 is 0 Å². The number of pyridine rings is 1. The molecule has 4 aromatic carbocycles. The molecule has 301 valence electrons. The van der Waals surface area contributed by atoms with Crippen LogP contribution in [-0.2, 0) is 31.4 Å². The van der Waals surface area contributed by atoms with E-state index >= 15 is 0 Å². The number of allylic oxidation sites excluding steroid dienone is 2. The number of carbonyl (C=O) groups is 1. The molecular weight excluding hydrogens is 925 g/mol. The molecular formula is C51H50IrN4O2S. The van der Waals surface area contributed by atoms with Crippen molar-refractivity contribution in [1.82, 2.24) is 14.4 Å². The van der Waals surface area contributed by atoms with Crippen LogP contribution >= 0.6 is 11.3 Å². The van der Waals surface area contributed by atoms with Crippen molar-refractivity contribution in [1.29, 1.82) is 0 Å². The number of aliphatic hydroxyl groups is 1. The maximum atomic E-state index is 10.0. The molecule has 6 nitrogen and oxygen atoms in total. The Balaban J connectivity index is 0.000000174. The van der Waals surface area contributed by atoms with E-state index in [0.717, 1.165) is 28.0 Å². The number of benzene rings is 4. The Morgan fingerprint density at radius 1 is 0.797 bits per heavy atom. The largest absolute Gasteiger partial charge is 0.512 e. The number of fused-ring (bicyclic) bond motifs is 4. The van der Waals surface area contributed by atoms with E-state index in [9.17, 15) is 4.79 Å². The number of rotatable bonds is 5. The number of para-hydroxylation sites is 1. The summed E-state index contributed by atoms with van der Waals surface area (Å²) in [6.07, 6.45) is 19.0. The van der Waals surface area contributed by atoms with Crippen molar-refractivity contribution in [2.45, 2.75) is 96.4 Å². The fourth-order valence-electron chi connectivity index (χ4n) is 9.84. The van der Waals surface area contributed by atoms with Crippen LogP contribution in [-0.4, -0.2) is 25.3 Å². The van der Waals surface area contributed by atoms with Gasteiger partial charge in [0, 0.05) is 48.1 Å². The van der Waals surface area contributed by atoms with Crippen LogP contribution in [0.4, 0.5) is 0 Å². The SMILES string of the molecule is CC(=O)C=C(C)O.[Ir].[c-]1ccccc1-c1ncnc2sccc12.c1cc(C2CCCCC2)c(-c2c[n+]3c4c5c(cccc5c5ccccc5n24)C3)c(C2CCCCC2)c1. The van der Waals surface area contributed by atoms with Crippen LogP contribution in [0.15, 0.2) is 121 Å². The van der Waals surface area contributed by atoms with Crippen LogP contribution in [0.1, 0.15) is 107 Å². The molecule has 0 unspecified atom stereocenters. The third-order valence-corrected chi connectivity index (χ3v) is 13.1. The number of imidazole rings is 1. The number of hydrogen-bond donors (Lipinski definition) is 1. The third-order valence-electron chi connectivity index (χ3n) is 12.3. The predicted molar refractivity (Wildman–Crippen MR) is 238 cm³/mol. The van der Waals surface area contributed by atoms with E-state index in [-0.39, 0.29) is 31.6 Å². The molecule has 8 heteroatoms. The summed E-state index contributed by atoms with van der Waals surface area (Å²) >= 11 is 1.63. The molecule has 0 amide bonds. The Morgan fingerprint density at radius 2 is 1.47 bits per heavy atom. The van der Waals surface area contributed by atoms with Crippen molar-refractivity contribution >= 4 is 54.7 Å². The fourth-order valence-corrected chi connectivity index (χ4v) is 10.6. The Morgan fingerprint density at radius 3 is 2.14 bits per heavy atom. The van der Waals surface area contributed by atoms with Crippen LogP contribution in [0.2, 0.25) is 0 Å². The van der Waals surface area contributed by atoms with Gasteiger partial charge in [0.1, 0.15) is 29.4 Å². The maximum absolute atomic E-state index is 10.0. The monoisotopic (exact) mass is 975 g/mol. The molecule has 0 atom stereocenters. The minimum atomic E-state index is -0.125. The first-order chi connectivity index (χ1) is 28.5. The molecule has 1 radical (unpaired) electrons. The summed E-state index contributed by atoms with van der Waals surface area (Å²) in [5, 5.41) is 15.7. The molecule has 1 aliphatic heterocycles. The van der Waals surface area contributed by atoms with Crippen LogP contribution < -0.4 is 4.57 Å². The van der Waals surface area contributed by atoms with Gasteiger partial charge in [-0.3, -0.25) is 9.78 Å². The van der Waals surface area contributed by atoms with Crippen molar-refractivity contribution in [3.8, 4) is 22.5 Å². The molecule has 2 aliphatic carbocycles. The summed E-state index contributed by atoms with van der Waals surface area (Å²) in [6, 6.07) is 36.5. The first-order valence-electron chi connectivity index (χ1n) is 21.0. The topological polar surface area (TPSA) is 71.4 Å². The van der Waals surface area contributed by atoms with Gasteiger partial charge in [-0.25, -0.2) is 9.55 Å². The molecule has 5 heterocycles. The summed E-state index contributed by atoms with van der Waals surface area (Å²) in [6.45, 7) is 3.83. The molecule has 0 spiro atoms. The van der Waals surface area contributed by atoms with Crippen molar-refractivity contribution in [2.24, 2.45) is 0 Å². The normalized spacial score (nSPS) is 15.5. The Kier molecular flexibility index (Phi) is 12.5. The number of carbonyl (C=O) groups excluding carboxylic acids is 1. The number of ketones is 1. The van der Waals surface area contributed by atoms with Crippen molar-refractivity contribution in [3.63, 3.8) is 0 Å². The van der Waals surface area contributed by atoms with Gasteiger partial charge in [-0.1, -0.05) is 93.1 Å². The second-order valence-electron chi connectivity index (χ2n) is 16.2. The molecule has 0 saturated heterocycles. The first kappa shape index (κ1) is 40.8. The van der Waals surface area contributed by atoms with Gasteiger partial charge in [0.2, 0.25) is 0 Å². The summed E-state index contributed by atoms with van der Waals surface area (Å²) in [5.74, 6) is 1.33. The van der Waals surface area contributed by atoms with Gasteiger partial charge in [-0.05, 0) is 91.1 Å². The van der Waals surface area contributed by atoms with Gasteiger partial charge in [-0.15, -0.1) is 47.2 Å². The predicted octanol–water partition coefficient (Wildman–Crippen LogP) is 12.9. The minimum absolute atomic E-state index is 0. The molecule has 0 bridgehead atoms. The Labute approximate surface area is 364 Å². The van der Waals surface area contributed by atoms with E-state index in [1.165, 1.54) is 123 Å². The quantitative estimate of drug-likeness (QED) is 0.0613. The van der Waals surface area contributed by atoms with E-state index in [4.69, 9.17) is 5.11 Å². The van der Waals surface area contributed by atoms with Crippen molar-refractivity contribution in [2.75, 3.05) is 0 Å². The first-order valence-corrected chi connectivity index (χ1v) is 21.9. The second kappa shape index (κ2) is 18.1. The number of nitrogens with zero attached hydrogens (tertiary/aromatic N) is 4. The molecule has 2 saturated carbocycles.